The minimum absolute atomic E-state index is 0.318. The predicted molar refractivity (Wildman–Crippen MR) is 73.7 cm³/mol. The molecular formula is C14H23N3O. The third-order valence-electron chi connectivity index (χ3n) is 3.27. The van der Waals surface area contributed by atoms with Crippen LogP contribution in [-0.4, -0.2) is 41.7 Å². The summed E-state index contributed by atoms with van der Waals surface area (Å²) in [5, 5.41) is 3.25. The van der Waals surface area contributed by atoms with Gasteiger partial charge in [-0.15, -0.1) is 0 Å². The van der Waals surface area contributed by atoms with Crippen LogP contribution in [0.25, 0.3) is 0 Å². The summed E-state index contributed by atoms with van der Waals surface area (Å²) in [6.07, 6.45) is 0.318. The van der Waals surface area contributed by atoms with E-state index in [1.165, 1.54) is 0 Å². The Hall–Kier alpha value is -1.13. The first-order valence-electron chi connectivity index (χ1n) is 6.74. The van der Waals surface area contributed by atoms with Crippen molar-refractivity contribution in [3.05, 3.63) is 23.9 Å². The van der Waals surface area contributed by atoms with Crippen LogP contribution in [-0.2, 0) is 11.3 Å². The first-order valence-corrected chi connectivity index (χ1v) is 6.74. The van der Waals surface area contributed by atoms with Crippen LogP contribution in [0.1, 0.15) is 26.5 Å². The van der Waals surface area contributed by atoms with Crippen LogP contribution in [0.3, 0.4) is 0 Å². The summed E-state index contributed by atoms with van der Waals surface area (Å²) in [5.74, 6) is 0.962. The van der Waals surface area contributed by atoms with Crippen LogP contribution in [0.15, 0.2) is 18.2 Å². The average Bonchev–Trinajstić information content (AvgIpc) is 2.35. The maximum Gasteiger partial charge on any atom is 0.126 e. The fourth-order valence-electron chi connectivity index (χ4n) is 2.25. The van der Waals surface area contributed by atoms with Crippen molar-refractivity contribution < 1.29 is 4.74 Å². The molecule has 4 heteroatoms. The number of anilines is 1. The zero-order valence-electron chi connectivity index (χ0n) is 11.5. The van der Waals surface area contributed by atoms with Crippen molar-refractivity contribution in [2.24, 2.45) is 0 Å². The molecule has 1 aliphatic heterocycles. The molecule has 0 bridgehead atoms. The maximum absolute atomic E-state index is 5.65. The molecule has 1 aromatic heterocycles. The van der Waals surface area contributed by atoms with Crippen LogP contribution in [0.4, 0.5) is 5.82 Å². The molecule has 18 heavy (non-hydrogen) atoms. The number of nitrogens with zero attached hydrogens (tertiary/aromatic N) is 2. The highest BCUT2D eigenvalue weighted by atomic mass is 16.5. The van der Waals surface area contributed by atoms with Crippen molar-refractivity contribution in [2.75, 3.05) is 25.0 Å². The number of nitrogens with one attached hydrogen (secondary N) is 1. The van der Waals surface area contributed by atoms with Crippen molar-refractivity contribution >= 4 is 5.82 Å². The lowest BCUT2D eigenvalue weighted by Gasteiger charge is -2.36. The molecule has 0 aromatic carbocycles. The smallest absolute Gasteiger partial charge is 0.126 e. The van der Waals surface area contributed by atoms with Gasteiger partial charge in [0.15, 0.2) is 0 Å². The predicted octanol–water partition coefficient (Wildman–Crippen LogP) is 2.12. The van der Waals surface area contributed by atoms with Crippen LogP contribution in [0.5, 0.6) is 0 Å². The third kappa shape index (κ3) is 3.43. The number of ether oxygens (including phenoxy) is 1. The van der Waals surface area contributed by atoms with Gasteiger partial charge in [-0.25, -0.2) is 4.98 Å². The Bertz CT molecular complexity index is 383. The average molecular weight is 249 g/mol. The van der Waals surface area contributed by atoms with Gasteiger partial charge in [0.1, 0.15) is 5.82 Å². The largest absolute Gasteiger partial charge is 0.376 e. The van der Waals surface area contributed by atoms with Crippen molar-refractivity contribution in [2.45, 2.75) is 39.5 Å². The van der Waals surface area contributed by atoms with Gasteiger partial charge in [0.2, 0.25) is 0 Å². The van der Waals surface area contributed by atoms with E-state index in [0.29, 0.717) is 12.1 Å². The van der Waals surface area contributed by atoms with Crippen molar-refractivity contribution in [3.63, 3.8) is 0 Å². The molecule has 2 heterocycles. The molecule has 1 saturated heterocycles. The normalized spacial score (nSPS) is 25.1. The lowest BCUT2D eigenvalue weighted by molar-refractivity contribution is -0.0530. The van der Waals surface area contributed by atoms with E-state index in [0.717, 1.165) is 37.8 Å². The van der Waals surface area contributed by atoms with Crippen LogP contribution in [0.2, 0.25) is 0 Å². The van der Waals surface area contributed by atoms with Gasteiger partial charge in [-0.05, 0) is 32.9 Å². The molecule has 0 spiro atoms. The summed E-state index contributed by atoms with van der Waals surface area (Å²) >= 11 is 0. The van der Waals surface area contributed by atoms with Gasteiger partial charge in [-0.2, -0.15) is 0 Å². The van der Waals surface area contributed by atoms with Crippen LogP contribution >= 0.6 is 0 Å². The Kier molecular flexibility index (Phi) is 4.55. The van der Waals surface area contributed by atoms with Crippen molar-refractivity contribution in [3.8, 4) is 0 Å². The lowest BCUT2D eigenvalue weighted by Crippen LogP contribution is -2.46. The number of rotatable bonds is 4. The quantitative estimate of drug-likeness (QED) is 0.887. The van der Waals surface area contributed by atoms with Gasteiger partial charge in [0.25, 0.3) is 0 Å². The van der Waals surface area contributed by atoms with Gasteiger partial charge >= 0.3 is 0 Å². The lowest BCUT2D eigenvalue weighted by atomic mass is 10.2. The van der Waals surface area contributed by atoms with E-state index < -0.39 is 0 Å². The molecular weight excluding hydrogens is 226 g/mol. The first kappa shape index (κ1) is 13.3. The molecule has 2 unspecified atom stereocenters. The van der Waals surface area contributed by atoms with Crippen LogP contribution < -0.4 is 5.32 Å². The number of morpholine rings is 1. The van der Waals surface area contributed by atoms with E-state index in [4.69, 9.17) is 4.74 Å². The van der Waals surface area contributed by atoms with Crippen LogP contribution in [0, 0.1) is 0 Å². The Morgan fingerprint density at radius 2 is 2.28 bits per heavy atom. The Morgan fingerprint density at radius 3 is 3.06 bits per heavy atom. The summed E-state index contributed by atoms with van der Waals surface area (Å²) in [6, 6.07) is 6.63. The summed E-state index contributed by atoms with van der Waals surface area (Å²) in [7, 11) is 0. The molecule has 2 atom stereocenters. The number of hydrogen-bond acceptors (Lipinski definition) is 4. The van der Waals surface area contributed by atoms with Crippen molar-refractivity contribution in [1.82, 2.24) is 9.88 Å². The summed E-state index contributed by atoms with van der Waals surface area (Å²) < 4.78 is 5.65. The molecule has 2 rings (SSSR count). The molecule has 4 nitrogen and oxygen atoms in total. The topological polar surface area (TPSA) is 37.4 Å². The van der Waals surface area contributed by atoms with Gasteiger partial charge in [-0.1, -0.05) is 6.07 Å². The fraction of sp³-hybridized carbons (Fsp3) is 0.643. The SMILES string of the molecule is CCNc1cccc(CN2CC(C)OCC2C)n1. The molecule has 0 radical (unpaired) electrons. The second kappa shape index (κ2) is 6.16. The van der Waals surface area contributed by atoms with Gasteiger partial charge in [0, 0.05) is 25.7 Å². The van der Waals surface area contributed by atoms with E-state index in [1.807, 2.05) is 6.07 Å². The van der Waals surface area contributed by atoms with E-state index in [-0.39, 0.29) is 0 Å². The zero-order chi connectivity index (χ0) is 13.0. The maximum atomic E-state index is 5.65. The summed E-state index contributed by atoms with van der Waals surface area (Å²) in [4.78, 5) is 7.06. The first-order chi connectivity index (χ1) is 8.69. The molecule has 100 valence electrons. The van der Waals surface area contributed by atoms with Gasteiger partial charge in [0.05, 0.1) is 18.4 Å². The van der Waals surface area contributed by atoms with E-state index in [1.54, 1.807) is 0 Å². The molecule has 1 N–H and O–H groups in total. The molecule has 1 aliphatic rings. The molecule has 0 amide bonds. The van der Waals surface area contributed by atoms with Crippen molar-refractivity contribution in [1.29, 1.82) is 0 Å². The molecule has 1 aromatic rings. The molecule has 0 aliphatic carbocycles. The fourth-order valence-corrected chi connectivity index (χ4v) is 2.25. The van der Waals surface area contributed by atoms with E-state index in [9.17, 15) is 0 Å². The Labute approximate surface area is 109 Å². The van der Waals surface area contributed by atoms with E-state index in [2.05, 4.69) is 48.1 Å². The number of pyridine rings is 1. The highest BCUT2D eigenvalue weighted by molar-refractivity contribution is 5.34. The summed E-state index contributed by atoms with van der Waals surface area (Å²) in [5.41, 5.74) is 1.12. The Morgan fingerprint density at radius 1 is 1.44 bits per heavy atom. The molecule has 0 saturated carbocycles. The van der Waals surface area contributed by atoms with Gasteiger partial charge < -0.3 is 10.1 Å². The van der Waals surface area contributed by atoms with E-state index >= 15 is 0 Å². The number of aromatic nitrogens is 1. The molecule has 1 fully saturated rings. The standard InChI is InChI=1S/C14H23N3O/c1-4-15-14-7-5-6-13(16-14)9-17-8-12(3)18-10-11(17)2/h5-7,11-12H,4,8-10H2,1-3H3,(H,15,16). The number of hydrogen-bond donors (Lipinski definition) is 1. The zero-order valence-corrected chi connectivity index (χ0v) is 11.5. The highest BCUT2D eigenvalue weighted by Gasteiger charge is 2.23. The minimum atomic E-state index is 0.318. The Balaban J connectivity index is 2.01. The second-order valence-corrected chi connectivity index (χ2v) is 4.97. The minimum Gasteiger partial charge on any atom is -0.376 e. The highest BCUT2D eigenvalue weighted by Crippen LogP contribution is 2.15. The monoisotopic (exact) mass is 249 g/mol. The van der Waals surface area contributed by atoms with Gasteiger partial charge in [-0.3, -0.25) is 4.90 Å². The second-order valence-electron chi connectivity index (χ2n) is 4.97. The summed E-state index contributed by atoms with van der Waals surface area (Å²) in [6.45, 7) is 10.0. The third-order valence-corrected chi connectivity index (χ3v) is 3.27.